The van der Waals surface area contributed by atoms with E-state index in [2.05, 4.69) is 0 Å². The van der Waals surface area contributed by atoms with Crippen molar-refractivity contribution in [2.24, 2.45) is 11.8 Å². The minimum absolute atomic E-state index is 0.0831. The summed E-state index contributed by atoms with van der Waals surface area (Å²) in [4.78, 5) is 37.3. The molecule has 0 aliphatic carbocycles. The lowest BCUT2D eigenvalue weighted by molar-refractivity contribution is -0.164. The van der Waals surface area contributed by atoms with Gasteiger partial charge in [0.2, 0.25) is 0 Å². The Morgan fingerprint density at radius 1 is 0.920 bits per heavy atom. The molecule has 0 fully saturated rings. The molecule has 5 heteroatoms. The van der Waals surface area contributed by atoms with Crippen LogP contribution in [-0.2, 0) is 19.1 Å². The van der Waals surface area contributed by atoms with Crippen LogP contribution in [0.3, 0.4) is 0 Å². The Morgan fingerprint density at radius 3 is 1.96 bits per heavy atom. The molecule has 0 amide bonds. The molecule has 1 rings (SSSR count). The van der Waals surface area contributed by atoms with Gasteiger partial charge in [0.25, 0.3) is 0 Å². The van der Waals surface area contributed by atoms with Gasteiger partial charge in [0.1, 0.15) is 0 Å². The van der Waals surface area contributed by atoms with E-state index in [4.69, 9.17) is 9.47 Å². The zero-order valence-electron chi connectivity index (χ0n) is 15.3. The molecule has 0 aliphatic rings. The number of hydrogen-bond acceptors (Lipinski definition) is 5. The second kappa shape index (κ2) is 11.4. The summed E-state index contributed by atoms with van der Waals surface area (Å²) in [7, 11) is 0. The molecule has 0 aromatic heterocycles. The van der Waals surface area contributed by atoms with E-state index in [-0.39, 0.29) is 25.4 Å². The minimum Gasteiger partial charge on any atom is -0.465 e. The summed E-state index contributed by atoms with van der Waals surface area (Å²) in [6.45, 7) is 5.77. The first kappa shape index (κ1) is 20.9. The molecule has 0 saturated carbocycles. The molecule has 25 heavy (non-hydrogen) atoms. The SMILES string of the molecule is CCCCC(CC(=O)c1ccccc1)C(C(=O)OCC)C(=O)OCC. The van der Waals surface area contributed by atoms with Crippen molar-refractivity contribution >= 4 is 17.7 Å². The number of benzene rings is 1. The van der Waals surface area contributed by atoms with Gasteiger partial charge in [-0.2, -0.15) is 0 Å². The average Bonchev–Trinajstić information content (AvgIpc) is 2.60. The van der Waals surface area contributed by atoms with Crippen molar-refractivity contribution in [2.45, 2.75) is 46.5 Å². The summed E-state index contributed by atoms with van der Waals surface area (Å²) in [6.07, 6.45) is 2.44. The van der Waals surface area contributed by atoms with Crippen LogP contribution in [0.1, 0.15) is 56.8 Å². The molecule has 1 atom stereocenters. The fourth-order valence-electron chi connectivity index (χ4n) is 2.78. The normalized spacial score (nSPS) is 11.8. The Morgan fingerprint density at radius 2 is 1.48 bits per heavy atom. The lowest BCUT2D eigenvalue weighted by Crippen LogP contribution is -2.35. The molecule has 1 aromatic rings. The molecule has 0 aliphatic heterocycles. The largest absolute Gasteiger partial charge is 0.465 e. The minimum atomic E-state index is -1.06. The highest BCUT2D eigenvalue weighted by Crippen LogP contribution is 2.27. The topological polar surface area (TPSA) is 69.7 Å². The van der Waals surface area contributed by atoms with Crippen LogP contribution in [0.2, 0.25) is 0 Å². The summed E-state index contributed by atoms with van der Waals surface area (Å²) in [5.74, 6) is -2.78. The third-order valence-corrected chi connectivity index (χ3v) is 4.02. The van der Waals surface area contributed by atoms with E-state index >= 15 is 0 Å². The molecular formula is C20H28O5. The van der Waals surface area contributed by atoms with Crippen LogP contribution < -0.4 is 0 Å². The summed E-state index contributed by atoms with van der Waals surface area (Å²) in [5, 5.41) is 0. The van der Waals surface area contributed by atoms with Crippen LogP contribution in [0.25, 0.3) is 0 Å². The van der Waals surface area contributed by atoms with Gasteiger partial charge in [0.15, 0.2) is 11.7 Å². The predicted octanol–water partition coefficient (Wildman–Crippen LogP) is 3.81. The van der Waals surface area contributed by atoms with Gasteiger partial charge in [-0.05, 0) is 26.2 Å². The van der Waals surface area contributed by atoms with Crippen LogP contribution in [0.15, 0.2) is 30.3 Å². The third-order valence-electron chi connectivity index (χ3n) is 4.02. The van der Waals surface area contributed by atoms with Crippen molar-refractivity contribution in [2.75, 3.05) is 13.2 Å². The highest BCUT2D eigenvalue weighted by atomic mass is 16.6. The summed E-state index contributed by atoms with van der Waals surface area (Å²) in [5.41, 5.74) is 0.579. The number of carbonyl (C=O) groups excluding carboxylic acids is 3. The molecule has 5 nitrogen and oxygen atoms in total. The number of rotatable bonds is 11. The molecule has 138 valence electrons. The highest BCUT2D eigenvalue weighted by Gasteiger charge is 2.38. The second-order valence-corrected chi connectivity index (χ2v) is 5.88. The molecule has 0 bridgehead atoms. The van der Waals surface area contributed by atoms with Gasteiger partial charge < -0.3 is 9.47 Å². The lowest BCUT2D eigenvalue weighted by atomic mass is 9.83. The van der Waals surface area contributed by atoms with Crippen molar-refractivity contribution in [3.8, 4) is 0 Å². The van der Waals surface area contributed by atoms with Gasteiger partial charge in [-0.1, -0.05) is 50.1 Å². The molecule has 0 heterocycles. The molecule has 0 spiro atoms. The summed E-state index contributed by atoms with van der Waals surface area (Å²) in [6, 6.07) is 8.90. The molecule has 1 unspecified atom stereocenters. The first-order valence-electron chi connectivity index (χ1n) is 8.96. The monoisotopic (exact) mass is 348 g/mol. The van der Waals surface area contributed by atoms with Gasteiger partial charge in [-0.25, -0.2) is 0 Å². The van der Waals surface area contributed by atoms with Gasteiger partial charge in [-0.3, -0.25) is 14.4 Å². The maximum Gasteiger partial charge on any atom is 0.320 e. The molecule has 0 saturated heterocycles. The van der Waals surface area contributed by atoms with E-state index in [9.17, 15) is 14.4 Å². The number of ketones is 1. The van der Waals surface area contributed by atoms with Gasteiger partial charge >= 0.3 is 11.9 Å². The van der Waals surface area contributed by atoms with Crippen molar-refractivity contribution in [1.29, 1.82) is 0 Å². The number of unbranched alkanes of at least 4 members (excludes halogenated alkanes) is 1. The quantitative estimate of drug-likeness (QED) is 0.345. The van der Waals surface area contributed by atoms with Crippen molar-refractivity contribution < 1.29 is 23.9 Å². The number of ether oxygens (including phenoxy) is 2. The number of Topliss-reactive ketones (excluding diaryl/α,β-unsaturated/α-hetero) is 1. The van der Waals surface area contributed by atoms with E-state index < -0.39 is 23.8 Å². The summed E-state index contributed by atoms with van der Waals surface area (Å²) < 4.78 is 10.1. The molecule has 0 N–H and O–H groups in total. The molecule has 1 aromatic carbocycles. The first-order valence-corrected chi connectivity index (χ1v) is 8.96. The predicted molar refractivity (Wildman–Crippen MR) is 95.2 cm³/mol. The van der Waals surface area contributed by atoms with Crippen molar-refractivity contribution in [1.82, 2.24) is 0 Å². The maximum absolute atomic E-state index is 12.6. The Kier molecular flexibility index (Phi) is 9.51. The van der Waals surface area contributed by atoms with E-state index in [1.807, 2.05) is 13.0 Å². The maximum atomic E-state index is 12.6. The van der Waals surface area contributed by atoms with Crippen LogP contribution in [0, 0.1) is 11.8 Å². The zero-order chi connectivity index (χ0) is 18.7. The average molecular weight is 348 g/mol. The number of hydrogen-bond donors (Lipinski definition) is 0. The lowest BCUT2D eigenvalue weighted by Gasteiger charge is -2.23. The highest BCUT2D eigenvalue weighted by molar-refractivity contribution is 5.99. The molecule has 0 radical (unpaired) electrons. The fraction of sp³-hybridized carbons (Fsp3) is 0.550. The van der Waals surface area contributed by atoms with Crippen molar-refractivity contribution in [3.05, 3.63) is 35.9 Å². The van der Waals surface area contributed by atoms with Gasteiger partial charge in [0.05, 0.1) is 13.2 Å². The Balaban J connectivity index is 3.02. The standard InChI is InChI=1S/C20H28O5/c1-4-7-11-16(14-17(21)15-12-9-8-10-13-15)18(19(22)24-5-2)20(23)25-6-3/h8-10,12-13,16,18H,4-7,11,14H2,1-3H3. The molecular weight excluding hydrogens is 320 g/mol. The Labute approximate surface area is 149 Å². The fourth-order valence-corrected chi connectivity index (χ4v) is 2.78. The van der Waals surface area contributed by atoms with Crippen LogP contribution in [0.4, 0.5) is 0 Å². The van der Waals surface area contributed by atoms with Crippen LogP contribution >= 0.6 is 0 Å². The van der Waals surface area contributed by atoms with Gasteiger partial charge in [0, 0.05) is 12.0 Å². The smallest absolute Gasteiger partial charge is 0.320 e. The van der Waals surface area contributed by atoms with E-state index in [1.165, 1.54) is 0 Å². The number of esters is 2. The van der Waals surface area contributed by atoms with Crippen LogP contribution in [0.5, 0.6) is 0 Å². The Hall–Kier alpha value is -2.17. The second-order valence-electron chi connectivity index (χ2n) is 5.88. The Bertz CT molecular complexity index is 534. The summed E-state index contributed by atoms with van der Waals surface area (Å²) >= 11 is 0. The van der Waals surface area contributed by atoms with Crippen molar-refractivity contribution in [3.63, 3.8) is 0 Å². The first-order chi connectivity index (χ1) is 12.0. The zero-order valence-corrected chi connectivity index (χ0v) is 15.3. The van der Waals surface area contributed by atoms with Crippen LogP contribution in [-0.4, -0.2) is 30.9 Å². The number of carbonyl (C=O) groups is 3. The van der Waals surface area contributed by atoms with E-state index in [0.717, 1.165) is 12.8 Å². The van der Waals surface area contributed by atoms with E-state index in [0.29, 0.717) is 12.0 Å². The third kappa shape index (κ3) is 6.69. The van der Waals surface area contributed by atoms with E-state index in [1.54, 1.807) is 38.1 Å². The van der Waals surface area contributed by atoms with Gasteiger partial charge in [-0.15, -0.1) is 0 Å².